The maximum absolute atomic E-state index is 10.5. The van der Waals surface area contributed by atoms with E-state index in [4.69, 9.17) is 14.4 Å². The maximum atomic E-state index is 10.5. The van der Waals surface area contributed by atoms with Gasteiger partial charge in [-0.3, -0.25) is 0 Å². The third-order valence-electron chi connectivity index (χ3n) is 5.75. The minimum atomic E-state index is 0.132. The Balaban J connectivity index is 1.48. The van der Waals surface area contributed by atoms with Crippen molar-refractivity contribution in [2.75, 3.05) is 24.5 Å². The molecule has 0 aliphatic carbocycles. The van der Waals surface area contributed by atoms with E-state index in [9.17, 15) is 5.11 Å². The Morgan fingerprint density at radius 2 is 1.87 bits per heavy atom. The largest absolute Gasteiger partial charge is 0.507 e. The lowest BCUT2D eigenvalue weighted by molar-refractivity contribution is 0.367. The molecule has 0 radical (unpaired) electrons. The number of nitrogens with zero attached hydrogens (tertiary/aromatic N) is 4. The molecule has 1 atom stereocenters. The number of nitrogens with one attached hydrogen (secondary N) is 1. The summed E-state index contributed by atoms with van der Waals surface area (Å²) in [4.78, 5) is 16.2. The molecule has 1 aliphatic heterocycles. The molecule has 1 aromatic carbocycles. The van der Waals surface area contributed by atoms with Crippen LogP contribution in [0.25, 0.3) is 33.4 Å². The van der Waals surface area contributed by atoms with Crippen LogP contribution < -0.4 is 10.2 Å². The average molecular weight is 403 g/mol. The maximum Gasteiger partial charge on any atom is 0.192 e. The van der Waals surface area contributed by atoms with E-state index in [0.29, 0.717) is 40.2 Å². The molecule has 154 valence electrons. The molecule has 0 amide bonds. The number of anilines is 1. The highest BCUT2D eigenvalue weighted by atomic mass is 16.3. The molecule has 3 aromatic heterocycles. The van der Waals surface area contributed by atoms with Gasteiger partial charge in [0.15, 0.2) is 11.5 Å². The van der Waals surface area contributed by atoms with E-state index in [0.717, 1.165) is 36.5 Å². The highest BCUT2D eigenvalue weighted by molar-refractivity contribution is 5.86. The van der Waals surface area contributed by atoms with E-state index in [1.54, 1.807) is 19.1 Å². The summed E-state index contributed by atoms with van der Waals surface area (Å²) in [6.07, 6.45) is 0. The fourth-order valence-corrected chi connectivity index (χ4v) is 4.04. The van der Waals surface area contributed by atoms with Crippen LogP contribution in [-0.4, -0.2) is 45.7 Å². The van der Waals surface area contributed by atoms with Gasteiger partial charge in [0, 0.05) is 44.2 Å². The molecule has 1 fully saturated rings. The Hall–Kier alpha value is -3.19. The van der Waals surface area contributed by atoms with Crippen molar-refractivity contribution in [3.63, 3.8) is 0 Å². The number of pyridine rings is 2. The number of oxazole rings is 1. The number of benzene rings is 1. The number of fused-ring (bicyclic) bond motifs is 2. The molecular formula is C23H25N5O2. The first-order valence-electron chi connectivity index (χ1n) is 10.3. The first kappa shape index (κ1) is 18.8. The van der Waals surface area contributed by atoms with Gasteiger partial charge < -0.3 is 19.7 Å². The molecule has 0 bridgehead atoms. The van der Waals surface area contributed by atoms with Crippen molar-refractivity contribution in [1.82, 2.24) is 20.3 Å². The standard InChI is InChI=1S/C23H25N5O2/c1-13(2)20-12-28(9-8-24-20)23-7-6-17-18(27-23)5-4-16(26-17)15-10-22-19(11-21(15)29)25-14(3)30-22/h4-7,10-11,13,20,24,29H,8-9,12H2,1-3H3/t20-/m0/s1. The summed E-state index contributed by atoms with van der Waals surface area (Å²) < 4.78 is 5.61. The number of aromatic hydroxyl groups is 1. The second kappa shape index (κ2) is 7.25. The molecule has 30 heavy (non-hydrogen) atoms. The number of phenols is 1. The first-order valence-corrected chi connectivity index (χ1v) is 10.3. The van der Waals surface area contributed by atoms with Gasteiger partial charge in [-0.1, -0.05) is 13.8 Å². The summed E-state index contributed by atoms with van der Waals surface area (Å²) in [6, 6.07) is 11.7. The van der Waals surface area contributed by atoms with E-state index in [1.807, 2.05) is 24.3 Å². The predicted octanol–water partition coefficient (Wildman–Crippen LogP) is 3.89. The molecule has 1 aliphatic rings. The molecule has 4 heterocycles. The minimum Gasteiger partial charge on any atom is -0.507 e. The summed E-state index contributed by atoms with van der Waals surface area (Å²) in [6.45, 7) is 9.13. The summed E-state index contributed by atoms with van der Waals surface area (Å²) in [5.41, 5.74) is 4.19. The quantitative estimate of drug-likeness (QED) is 0.537. The Morgan fingerprint density at radius 1 is 1.07 bits per heavy atom. The van der Waals surface area contributed by atoms with Crippen LogP contribution >= 0.6 is 0 Å². The van der Waals surface area contributed by atoms with Gasteiger partial charge in [-0.05, 0) is 36.2 Å². The van der Waals surface area contributed by atoms with Gasteiger partial charge >= 0.3 is 0 Å². The number of phenolic OH excluding ortho intramolecular Hbond substituents is 1. The summed E-state index contributed by atoms with van der Waals surface area (Å²) in [5.74, 6) is 2.26. The predicted molar refractivity (Wildman–Crippen MR) is 118 cm³/mol. The highest BCUT2D eigenvalue weighted by Gasteiger charge is 2.23. The molecule has 0 saturated carbocycles. The van der Waals surface area contributed by atoms with Crippen LogP contribution in [0.15, 0.2) is 40.8 Å². The molecule has 4 aromatic rings. The van der Waals surface area contributed by atoms with Crippen molar-refractivity contribution in [2.24, 2.45) is 5.92 Å². The lowest BCUT2D eigenvalue weighted by atomic mass is 10.0. The van der Waals surface area contributed by atoms with Gasteiger partial charge in [0.05, 0.1) is 16.7 Å². The normalized spacial score (nSPS) is 17.3. The molecular weight excluding hydrogens is 378 g/mol. The molecule has 0 spiro atoms. The number of aromatic nitrogens is 3. The third-order valence-corrected chi connectivity index (χ3v) is 5.75. The van der Waals surface area contributed by atoms with Gasteiger partial charge in [-0.25, -0.2) is 15.0 Å². The van der Waals surface area contributed by atoms with Crippen molar-refractivity contribution in [3.8, 4) is 17.0 Å². The average Bonchev–Trinajstić information content (AvgIpc) is 3.11. The molecule has 7 heteroatoms. The zero-order valence-electron chi connectivity index (χ0n) is 17.4. The van der Waals surface area contributed by atoms with Crippen molar-refractivity contribution in [3.05, 3.63) is 42.3 Å². The van der Waals surface area contributed by atoms with E-state index in [1.165, 1.54) is 0 Å². The van der Waals surface area contributed by atoms with E-state index < -0.39 is 0 Å². The smallest absolute Gasteiger partial charge is 0.192 e. The molecule has 5 rings (SSSR count). The van der Waals surface area contributed by atoms with Gasteiger partial charge in [-0.2, -0.15) is 0 Å². The minimum absolute atomic E-state index is 0.132. The zero-order chi connectivity index (χ0) is 20.8. The Bertz CT molecular complexity index is 1230. The van der Waals surface area contributed by atoms with Crippen LogP contribution in [0.2, 0.25) is 0 Å². The van der Waals surface area contributed by atoms with Crippen molar-refractivity contribution in [1.29, 1.82) is 0 Å². The van der Waals surface area contributed by atoms with Crippen LogP contribution in [0.1, 0.15) is 19.7 Å². The number of hydrogen-bond acceptors (Lipinski definition) is 7. The fraction of sp³-hybridized carbons (Fsp3) is 0.348. The Labute approximate surface area is 174 Å². The lowest BCUT2D eigenvalue weighted by Gasteiger charge is -2.36. The number of piperazine rings is 1. The van der Waals surface area contributed by atoms with Crippen molar-refractivity contribution >= 4 is 28.0 Å². The van der Waals surface area contributed by atoms with Crippen molar-refractivity contribution in [2.45, 2.75) is 26.8 Å². The van der Waals surface area contributed by atoms with Gasteiger partial charge in [-0.15, -0.1) is 0 Å². The topological polar surface area (TPSA) is 87.3 Å². The van der Waals surface area contributed by atoms with E-state index in [-0.39, 0.29) is 5.75 Å². The highest BCUT2D eigenvalue weighted by Crippen LogP contribution is 2.33. The molecule has 0 unspecified atom stereocenters. The van der Waals surface area contributed by atoms with E-state index in [2.05, 4.69) is 29.0 Å². The van der Waals surface area contributed by atoms with Crippen LogP contribution in [0, 0.1) is 12.8 Å². The van der Waals surface area contributed by atoms with Gasteiger partial charge in [0.25, 0.3) is 0 Å². The number of aryl methyl sites for hydroxylation is 1. The van der Waals surface area contributed by atoms with Crippen LogP contribution in [0.3, 0.4) is 0 Å². The zero-order valence-corrected chi connectivity index (χ0v) is 17.4. The van der Waals surface area contributed by atoms with Crippen molar-refractivity contribution < 1.29 is 9.52 Å². The van der Waals surface area contributed by atoms with Crippen LogP contribution in [0.5, 0.6) is 5.75 Å². The molecule has 7 nitrogen and oxygen atoms in total. The van der Waals surface area contributed by atoms with Gasteiger partial charge in [0.2, 0.25) is 0 Å². The number of hydrogen-bond donors (Lipinski definition) is 2. The lowest BCUT2D eigenvalue weighted by Crippen LogP contribution is -2.53. The third kappa shape index (κ3) is 3.35. The van der Waals surface area contributed by atoms with E-state index >= 15 is 0 Å². The Kier molecular flexibility index (Phi) is 4.55. The second-order valence-electron chi connectivity index (χ2n) is 8.22. The summed E-state index contributed by atoms with van der Waals surface area (Å²) >= 11 is 0. The van der Waals surface area contributed by atoms with Crippen LogP contribution in [0.4, 0.5) is 5.82 Å². The second-order valence-corrected chi connectivity index (χ2v) is 8.22. The number of rotatable bonds is 3. The summed E-state index contributed by atoms with van der Waals surface area (Å²) in [7, 11) is 0. The molecule has 2 N–H and O–H groups in total. The summed E-state index contributed by atoms with van der Waals surface area (Å²) in [5, 5.41) is 14.1. The Morgan fingerprint density at radius 3 is 2.70 bits per heavy atom. The SMILES string of the molecule is Cc1nc2cc(O)c(-c3ccc4nc(N5CCN[C@H](C(C)C)C5)ccc4n3)cc2o1. The van der Waals surface area contributed by atoms with Crippen LogP contribution in [-0.2, 0) is 0 Å². The monoisotopic (exact) mass is 403 g/mol. The molecule has 1 saturated heterocycles. The fourth-order valence-electron chi connectivity index (χ4n) is 4.04. The first-order chi connectivity index (χ1) is 14.5. The van der Waals surface area contributed by atoms with Gasteiger partial charge in [0.1, 0.15) is 17.1 Å².